The quantitative estimate of drug-likeness (QED) is 0.197. The minimum Gasteiger partial charge on any atom is -0.506 e. The molecule has 0 atom stereocenters. The molecule has 0 saturated carbocycles. The van der Waals surface area contributed by atoms with Crippen LogP contribution in [-0.4, -0.2) is 50.4 Å². The van der Waals surface area contributed by atoms with Crippen LogP contribution in [0.5, 0.6) is 5.75 Å². The van der Waals surface area contributed by atoms with Gasteiger partial charge in [0.15, 0.2) is 5.84 Å². The lowest BCUT2D eigenvalue weighted by Gasteiger charge is -2.21. The lowest BCUT2D eigenvalue weighted by atomic mass is 10.1. The standard InChI is InChI=1S/C28H28N6O8S2/c1-16(2)12-14-34-26-19(8-6-13-29-26)24(35)23(27(34)36)25-30-21-11-10-17(15-22(21)43(38,39)33-25)31-44(40,41)32-20-9-5-4-7-18(20)28(37)42-3/h4-11,13,15-16,31-32,35H,12,14H2,1-3H3,(H,30,33). The van der Waals surface area contributed by atoms with Crippen LogP contribution in [0.2, 0.25) is 0 Å². The molecule has 0 aliphatic carbocycles. The number of esters is 1. The number of carbonyl (C=O) groups excluding carboxylic acids is 1. The van der Waals surface area contributed by atoms with Crippen molar-refractivity contribution in [2.45, 2.75) is 31.7 Å². The van der Waals surface area contributed by atoms with Crippen molar-refractivity contribution in [3.8, 4) is 5.75 Å². The first-order valence-corrected chi connectivity index (χ1v) is 16.2. The zero-order chi connectivity index (χ0) is 31.8. The molecular formula is C28H28N6O8S2. The Labute approximate surface area is 252 Å². The number of aryl methyl sites for hydroxylation is 1. The van der Waals surface area contributed by atoms with Crippen molar-refractivity contribution in [1.82, 2.24) is 9.55 Å². The maximum Gasteiger partial charge on any atom is 0.339 e. The Morgan fingerprint density at radius 2 is 1.86 bits per heavy atom. The lowest BCUT2D eigenvalue weighted by Crippen LogP contribution is -2.33. The summed E-state index contributed by atoms with van der Waals surface area (Å²) < 4.78 is 66.7. The van der Waals surface area contributed by atoms with Gasteiger partial charge in [-0.2, -0.15) is 16.8 Å². The maximum atomic E-state index is 13.6. The molecule has 3 heterocycles. The Hall–Kier alpha value is -4.96. The molecule has 44 heavy (non-hydrogen) atoms. The number of methoxy groups -OCH3 is 1. The number of benzene rings is 2. The van der Waals surface area contributed by atoms with Gasteiger partial charge >= 0.3 is 16.2 Å². The van der Waals surface area contributed by atoms with Crippen molar-refractivity contribution in [3.05, 3.63) is 82.3 Å². The van der Waals surface area contributed by atoms with Gasteiger partial charge in [-0.25, -0.2) is 9.78 Å². The van der Waals surface area contributed by atoms with Gasteiger partial charge in [-0.15, -0.1) is 4.40 Å². The van der Waals surface area contributed by atoms with Gasteiger partial charge in [-0.3, -0.25) is 18.8 Å². The first-order chi connectivity index (χ1) is 20.8. The Morgan fingerprint density at radius 1 is 1.11 bits per heavy atom. The minimum absolute atomic E-state index is 0.000702. The van der Waals surface area contributed by atoms with Crippen molar-refractivity contribution >= 4 is 60.1 Å². The van der Waals surface area contributed by atoms with E-state index in [9.17, 15) is 31.5 Å². The second kappa shape index (κ2) is 11.6. The monoisotopic (exact) mass is 640 g/mol. The fraction of sp³-hybridized carbons (Fsp3) is 0.214. The minimum atomic E-state index is -4.49. The number of rotatable bonds is 9. The van der Waals surface area contributed by atoms with Crippen molar-refractivity contribution in [3.63, 3.8) is 0 Å². The third-order valence-corrected chi connectivity index (χ3v) is 9.02. The van der Waals surface area contributed by atoms with Gasteiger partial charge in [0.2, 0.25) is 0 Å². The highest BCUT2D eigenvalue weighted by Gasteiger charge is 2.31. The van der Waals surface area contributed by atoms with E-state index in [2.05, 4.69) is 28.9 Å². The van der Waals surface area contributed by atoms with E-state index in [0.717, 1.165) is 13.2 Å². The number of nitrogens with zero attached hydrogens (tertiary/aromatic N) is 3. The number of ether oxygens (including phenoxy) is 1. The molecule has 0 unspecified atom stereocenters. The molecule has 1 aliphatic heterocycles. The van der Waals surface area contributed by atoms with Crippen LogP contribution in [0.3, 0.4) is 0 Å². The SMILES string of the molecule is COC(=O)c1ccccc1NS(=O)(=O)Nc1ccc2c(c1)S(=O)(=O)N=C(c1c(O)c3cccnc3n(CCC(C)C)c1=O)N2. The van der Waals surface area contributed by atoms with Crippen molar-refractivity contribution < 1.29 is 31.5 Å². The van der Waals surface area contributed by atoms with E-state index >= 15 is 0 Å². The molecule has 4 aromatic rings. The van der Waals surface area contributed by atoms with E-state index in [-0.39, 0.29) is 56.6 Å². The summed E-state index contributed by atoms with van der Waals surface area (Å²) in [4.78, 5) is 29.5. The van der Waals surface area contributed by atoms with Crippen LogP contribution in [-0.2, 0) is 31.5 Å². The van der Waals surface area contributed by atoms with Crippen LogP contribution in [0.25, 0.3) is 11.0 Å². The summed E-state index contributed by atoms with van der Waals surface area (Å²) in [6.45, 7) is 4.25. The maximum absolute atomic E-state index is 13.6. The summed E-state index contributed by atoms with van der Waals surface area (Å²) in [6.07, 6.45) is 2.11. The highest BCUT2D eigenvalue weighted by Crippen LogP contribution is 2.34. The molecule has 230 valence electrons. The highest BCUT2D eigenvalue weighted by molar-refractivity contribution is 7.94. The van der Waals surface area contributed by atoms with Gasteiger partial charge in [0.1, 0.15) is 21.9 Å². The number of sulfonamides is 1. The number of nitrogens with one attached hydrogen (secondary N) is 3. The molecular weight excluding hydrogens is 612 g/mol. The van der Waals surface area contributed by atoms with Gasteiger partial charge in [0.05, 0.1) is 35.1 Å². The molecule has 5 rings (SSSR count). The summed E-state index contributed by atoms with van der Waals surface area (Å²) in [7, 11) is -7.69. The van der Waals surface area contributed by atoms with E-state index in [1.165, 1.54) is 47.2 Å². The number of amidine groups is 1. The Morgan fingerprint density at radius 3 is 2.59 bits per heavy atom. The van der Waals surface area contributed by atoms with E-state index in [1.807, 2.05) is 13.8 Å². The zero-order valence-electron chi connectivity index (χ0n) is 23.7. The highest BCUT2D eigenvalue weighted by atomic mass is 32.2. The van der Waals surface area contributed by atoms with Crippen molar-refractivity contribution in [1.29, 1.82) is 0 Å². The largest absolute Gasteiger partial charge is 0.506 e. The number of carbonyl (C=O) groups is 1. The molecule has 1 aliphatic rings. The van der Waals surface area contributed by atoms with Crippen molar-refractivity contribution in [2.24, 2.45) is 10.3 Å². The average Bonchev–Trinajstić information content (AvgIpc) is 2.96. The lowest BCUT2D eigenvalue weighted by molar-refractivity contribution is 0.0602. The van der Waals surface area contributed by atoms with E-state index in [1.54, 1.807) is 12.1 Å². The number of anilines is 3. The summed E-state index contributed by atoms with van der Waals surface area (Å²) in [5.74, 6) is -1.38. The van der Waals surface area contributed by atoms with Gasteiger partial charge in [0, 0.05) is 12.7 Å². The molecule has 0 saturated heterocycles. The Balaban J connectivity index is 1.50. The van der Waals surface area contributed by atoms with Crippen LogP contribution in [0.1, 0.15) is 36.2 Å². The molecule has 0 bridgehead atoms. The number of pyridine rings is 2. The number of aromatic nitrogens is 2. The average molecular weight is 641 g/mol. The first-order valence-electron chi connectivity index (χ1n) is 13.3. The van der Waals surface area contributed by atoms with Crippen LogP contribution >= 0.6 is 0 Å². The van der Waals surface area contributed by atoms with Crippen LogP contribution < -0.4 is 20.3 Å². The number of fused-ring (bicyclic) bond motifs is 2. The predicted octanol–water partition coefficient (Wildman–Crippen LogP) is 3.26. The molecule has 4 N–H and O–H groups in total. The number of hydrogen-bond donors (Lipinski definition) is 4. The fourth-order valence-electron chi connectivity index (χ4n) is 4.59. The van der Waals surface area contributed by atoms with Crippen LogP contribution in [0, 0.1) is 5.92 Å². The molecule has 2 aromatic heterocycles. The second-order valence-electron chi connectivity index (χ2n) is 10.2. The van der Waals surface area contributed by atoms with Gasteiger partial charge in [0.25, 0.3) is 15.6 Å². The Bertz CT molecular complexity index is 2110. The number of hydrogen-bond acceptors (Lipinski definition) is 10. The van der Waals surface area contributed by atoms with E-state index in [0.29, 0.717) is 6.42 Å². The summed E-state index contributed by atoms with van der Waals surface area (Å²) >= 11 is 0. The topological polar surface area (TPSA) is 198 Å². The third kappa shape index (κ3) is 5.93. The molecule has 0 radical (unpaired) electrons. The summed E-state index contributed by atoms with van der Waals surface area (Å²) in [5.41, 5.74) is -0.997. The molecule has 0 fully saturated rings. The van der Waals surface area contributed by atoms with Gasteiger partial charge in [-0.05, 0) is 54.8 Å². The molecule has 16 heteroatoms. The normalized spacial score (nSPS) is 14.0. The summed E-state index contributed by atoms with van der Waals surface area (Å²) in [6, 6.07) is 12.6. The molecule has 2 aromatic carbocycles. The zero-order valence-corrected chi connectivity index (χ0v) is 25.4. The molecule has 0 spiro atoms. The number of para-hydroxylation sites is 1. The molecule has 14 nitrogen and oxygen atoms in total. The Kier molecular flexibility index (Phi) is 8.05. The first kappa shape index (κ1) is 30.5. The van der Waals surface area contributed by atoms with Gasteiger partial charge < -0.3 is 15.2 Å². The molecule has 0 amide bonds. The smallest absolute Gasteiger partial charge is 0.339 e. The second-order valence-corrected chi connectivity index (χ2v) is 13.2. The van der Waals surface area contributed by atoms with E-state index < -0.39 is 43.3 Å². The van der Waals surface area contributed by atoms with Crippen LogP contribution in [0.4, 0.5) is 17.1 Å². The van der Waals surface area contributed by atoms with Gasteiger partial charge in [-0.1, -0.05) is 26.0 Å². The fourth-order valence-corrected chi connectivity index (χ4v) is 6.69. The van der Waals surface area contributed by atoms with Crippen molar-refractivity contribution in [2.75, 3.05) is 21.9 Å². The number of aromatic hydroxyl groups is 1. The van der Waals surface area contributed by atoms with E-state index in [4.69, 9.17) is 0 Å². The van der Waals surface area contributed by atoms with Crippen LogP contribution in [0.15, 0.2) is 74.9 Å². The summed E-state index contributed by atoms with van der Waals surface area (Å²) in [5, 5.41) is 14.1. The predicted molar refractivity (Wildman–Crippen MR) is 165 cm³/mol. The third-order valence-electron chi connectivity index (χ3n) is 6.71.